The van der Waals surface area contributed by atoms with Crippen molar-refractivity contribution in [2.24, 2.45) is 0 Å². The average Bonchev–Trinajstić information content (AvgIpc) is 2.96. The van der Waals surface area contributed by atoms with Crippen LogP contribution in [0.5, 0.6) is 0 Å². The molecule has 0 aliphatic carbocycles. The third-order valence-electron chi connectivity index (χ3n) is 4.10. The number of pyridine rings is 1. The van der Waals surface area contributed by atoms with Crippen LogP contribution in [0.3, 0.4) is 0 Å². The molecule has 2 aromatic heterocycles. The number of H-pyrrole nitrogens is 1. The van der Waals surface area contributed by atoms with Crippen LogP contribution in [-0.2, 0) is 17.6 Å². The van der Waals surface area contributed by atoms with Gasteiger partial charge in [0, 0.05) is 30.9 Å². The Hall–Kier alpha value is -2.21. The topological polar surface area (TPSA) is 79.9 Å². The molecule has 1 aliphatic heterocycles. The van der Waals surface area contributed by atoms with Crippen molar-refractivity contribution in [1.82, 2.24) is 20.5 Å². The number of aromatic nitrogens is 3. The van der Waals surface area contributed by atoms with Gasteiger partial charge in [0.25, 0.3) is 5.91 Å². The van der Waals surface area contributed by atoms with Crippen LogP contribution in [0.4, 0.5) is 0 Å². The molecule has 0 radical (unpaired) electrons. The Kier molecular flexibility index (Phi) is 4.71. The van der Waals surface area contributed by atoms with E-state index in [9.17, 15) is 4.79 Å². The molecular weight excluding hydrogens is 292 g/mol. The normalized spacial score (nSPS) is 20.1. The molecule has 0 saturated heterocycles. The zero-order valence-corrected chi connectivity index (χ0v) is 13.5. The van der Waals surface area contributed by atoms with Gasteiger partial charge in [-0.2, -0.15) is 5.10 Å². The minimum Gasteiger partial charge on any atom is -0.369 e. The van der Waals surface area contributed by atoms with Crippen molar-refractivity contribution in [1.29, 1.82) is 0 Å². The van der Waals surface area contributed by atoms with Crippen molar-refractivity contribution in [3.8, 4) is 0 Å². The Morgan fingerprint density at radius 1 is 1.48 bits per heavy atom. The van der Waals surface area contributed by atoms with Crippen LogP contribution >= 0.6 is 0 Å². The second-order valence-corrected chi connectivity index (χ2v) is 5.98. The maximum absolute atomic E-state index is 12.4. The standard InChI is InChI=1S/C17H22N4O2/c1-11-9-14-15(12(2)23-11)20-21-16(14)17(22)19-8-4-6-13-5-3-7-18-10-13/h3,5,7,10-12H,4,6,8-9H2,1-2H3,(H,19,22)(H,20,21)/t11-,12+/m1/s1. The van der Waals surface area contributed by atoms with E-state index in [2.05, 4.69) is 20.5 Å². The lowest BCUT2D eigenvalue weighted by atomic mass is 9.99. The summed E-state index contributed by atoms with van der Waals surface area (Å²) in [5.74, 6) is -0.116. The fourth-order valence-electron chi connectivity index (χ4n) is 2.99. The van der Waals surface area contributed by atoms with E-state index in [1.54, 1.807) is 6.20 Å². The summed E-state index contributed by atoms with van der Waals surface area (Å²) < 4.78 is 5.74. The number of nitrogens with one attached hydrogen (secondary N) is 2. The highest BCUT2D eigenvalue weighted by Crippen LogP contribution is 2.29. The van der Waals surface area contributed by atoms with Gasteiger partial charge in [-0.25, -0.2) is 0 Å². The average molecular weight is 314 g/mol. The number of ether oxygens (including phenoxy) is 1. The summed E-state index contributed by atoms with van der Waals surface area (Å²) in [6.45, 7) is 4.61. The Bertz CT molecular complexity index is 668. The Balaban J connectivity index is 1.55. The second-order valence-electron chi connectivity index (χ2n) is 5.98. The smallest absolute Gasteiger partial charge is 0.272 e. The first-order valence-corrected chi connectivity index (χ1v) is 8.05. The minimum atomic E-state index is -0.116. The van der Waals surface area contributed by atoms with Gasteiger partial charge >= 0.3 is 0 Å². The van der Waals surface area contributed by atoms with Crippen LogP contribution in [0, 0.1) is 0 Å². The summed E-state index contributed by atoms with van der Waals surface area (Å²) in [5, 5.41) is 10.1. The molecular formula is C17H22N4O2. The number of fused-ring (bicyclic) bond motifs is 1. The molecule has 0 bridgehead atoms. The van der Waals surface area contributed by atoms with E-state index in [0.717, 1.165) is 24.1 Å². The summed E-state index contributed by atoms with van der Waals surface area (Å²) in [6.07, 6.45) is 6.16. The molecule has 1 amide bonds. The van der Waals surface area contributed by atoms with Crippen LogP contribution in [0.25, 0.3) is 0 Å². The molecule has 0 aromatic carbocycles. The third-order valence-corrected chi connectivity index (χ3v) is 4.10. The Morgan fingerprint density at radius 3 is 3.13 bits per heavy atom. The molecule has 6 nitrogen and oxygen atoms in total. The molecule has 122 valence electrons. The fourth-order valence-corrected chi connectivity index (χ4v) is 2.99. The predicted molar refractivity (Wildman–Crippen MR) is 86.1 cm³/mol. The molecule has 1 aliphatic rings. The number of nitrogens with zero attached hydrogens (tertiary/aromatic N) is 2. The molecule has 2 aromatic rings. The maximum Gasteiger partial charge on any atom is 0.272 e. The number of carbonyl (C=O) groups excluding carboxylic acids is 1. The van der Waals surface area contributed by atoms with Crippen molar-refractivity contribution in [2.75, 3.05) is 6.54 Å². The molecule has 23 heavy (non-hydrogen) atoms. The van der Waals surface area contributed by atoms with Crippen molar-refractivity contribution in [3.05, 3.63) is 47.0 Å². The van der Waals surface area contributed by atoms with E-state index in [1.165, 1.54) is 5.56 Å². The van der Waals surface area contributed by atoms with Crippen LogP contribution in [0.1, 0.15) is 53.7 Å². The van der Waals surface area contributed by atoms with Crippen LogP contribution in [-0.4, -0.2) is 33.7 Å². The monoisotopic (exact) mass is 314 g/mol. The molecule has 0 saturated carbocycles. The SMILES string of the molecule is C[C@@H]1Cc2c(C(=O)NCCCc3cccnc3)n[nH]c2[C@H](C)O1. The van der Waals surface area contributed by atoms with Crippen LogP contribution in [0.15, 0.2) is 24.5 Å². The molecule has 0 unspecified atom stereocenters. The number of hydrogen-bond donors (Lipinski definition) is 2. The molecule has 0 spiro atoms. The fraction of sp³-hybridized carbons (Fsp3) is 0.471. The first-order valence-electron chi connectivity index (χ1n) is 8.05. The number of rotatable bonds is 5. The quantitative estimate of drug-likeness (QED) is 0.829. The van der Waals surface area contributed by atoms with Crippen molar-refractivity contribution < 1.29 is 9.53 Å². The highest BCUT2D eigenvalue weighted by molar-refractivity contribution is 5.94. The highest BCUT2D eigenvalue weighted by Gasteiger charge is 2.29. The molecule has 2 atom stereocenters. The van der Waals surface area contributed by atoms with Gasteiger partial charge in [-0.05, 0) is 38.3 Å². The Labute approximate surface area is 135 Å². The molecule has 3 heterocycles. The number of hydrogen-bond acceptors (Lipinski definition) is 4. The second kappa shape index (κ2) is 6.91. The van der Waals surface area contributed by atoms with Gasteiger partial charge < -0.3 is 10.1 Å². The maximum atomic E-state index is 12.4. The van der Waals surface area contributed by atoms with Crippen molar-refractivity contribution in [3.63, 3.8) is 0 Å². The summed E-state index contributed by atoms with van der Waals surface area (Å²) >= 11 is 0. The summed E-state index contributed by atoms with van der Waals surface area (Å²) in [5.41, 5.74) is 3.59. The number of amides is 1. The van der Waals surface area contributed by atoms with E-state index in [0.29, 0.717) is 18.7 Å². The molecule has 2 N–H and O–H groups in total. The van der Waals surface area contributed by atoms with Gasteiger partial charge in [0.1, 0.15) is 0 Å². The van der Waals surface area contributed by atoms with Crippen molar-refractivity contribution >= 4 is 5.91 Å². The molecule has 3 rings (SSSR count). The number of aryl methyl sites for hydroxylation is 1. The van der Waals surface area contributed by atoms with Gasteiger partial charge in [-0.15, -0.1) is 0 Å². The van der Waals surface area contributed by atoms with Crippen LogP contribution in [0.2, 0.25) is 0 Å². The van der Waals surface area contributed by atoms with Gasteiger partial charge in [0.05, 0.1) is 17.9 Å². The first kappa shape index (κ1) is 15.7. The van der Waals surface area contributed by atoms with E-state index < -0.39 is 0 Å². The number of carbonyl (C=O) groups is 1. The van der Waals surface area contributed by atoms with Gasteiger partial charge in [0.2, 0.25) is 0 Å². The largest absolute Gasteiger partial charge is 0.369 e. The lowest BCUT2D eigenvalue weighted by Crippen LogP contribution is -2.28. The van der Waals surface area contributed by atoms with E-state index in [-0.39, 0.29) is 18.1 Å². The zero-order chi connectivity index (χ0) is 16.2. The Morgan fingerprint density at radius 2 is 2.35 bits per heavy atom. The lowest BCUT2D eigenvalue weighted by Gasteiger charge is -2.25. The van der Waals surface area contributed by atoms with Gasteiger partial charge in [-0.1, -0.05) is 6.07 Å². The summed E-state index contributed by atoms with van der Waals surface area (Å²) in [6, 6.07) is 3.97. The van der Waals surface area contributed by atoms with Crippen molar-refractivity contribution in [2.45, 2.75) is 45.3 Å². The number of aromatic amines is 1. The summed E-state index contributed by atoms with van der Waals surface area (Å²) in [7, 11) is 0. The minimum absolute atomic E-state index is 0.0478. The zero-order valence-electron chi connectivity index (χ0n) is 13.5. The lowest BCUT2D eigenvalue weighted by molar-refractivity contribution is -0.00697. The predicted octanol–water partition coefficient (Wildman–Crippen LogP) is 2.19. The van der Waals surface area contributed by atoms with E-state index in [1.807, 2.05) is 32.2 Å². The molecule has 0 fully saturated rings. The van der Waals surface area contributed by atoms with Gasteiger partial charge in [0.15, 0.2) is 5.69 Å². The highest BCUT2D eigenvalue weighted by atomic mass is 16.5. The third kappa shape index (κ3) is 3.59. The first-order chi connectivity index (χ1) is 11.1. The van der Waals surface area contributed by atoms with E-state index >= 15 is 0 Å². The summed E-state index contributed by atoms with van der Waals surface area (Å²) in [4.78, 5) is 16.4. The van der Waals surface area contributed by atoms with Gasteiger partial charge in [-0.3, -0.25) is 14.9 Å². The van der Waals surface area contributed by atoms with E-state index in [4.69, 9.17) is 4.74 Å². The van der Waals surface area contributed by atoms with Crippen LogP contribution < -0.4 is 5.32 Å². The molecule has 6 heteroatoms.